The number of carbonyl (C=O) groups is 1. The van der Waals surface area contributed by atoms with E-state index >= 15 is 0 Å². The molecule has 0 saturated heterocycles. The molecule has 1 aliphatic carbocycles. The fourth-order valence-electron chi connectivity index (χ4n) is 3.01. The van der Waals surface area contributed by atoms with Crippen molar-refractivity contribution in [1.29, 1.82) is 0 Å². The van der Waals surface area contributed by atoms with Crippen LogP contribution < -0.4 is 4.72 Å². The largest absolute Gasteiger partial charge is 0.481 e. The van der Waals surface area contributed by atoms with Crippen molar-refractivity contribution in [2.45, 2.75) is 44.6 Å². The van der Waals surface area contributed by atoms with Crippen molar-refractivity contribution >= 4 is 44.7 Å². The Morgan fingerprint density at radius 3 is 2.88 bits per heavy atom. The SMILES string of the molecule is O=C(O)CCCC=CC1CCC(NS(=O)(=O)C=Cc2cccc(I)c2)C1. The summed E-state index contributed by atoms with van der Waals surface area (Å²) in [5.41, 5.74) is 0.857. The highest BCUT2D eigenvalue weighted by atomic mass is 127. The molecule has 0 bridgehead atoms. The zero-order valence-electron chi connectivity index (χ0n) is 14.5. The molecular weight excluding hydrogens is 465 g/mol. The van der Waals surface area contributed by atoms with Crippen LogP contribution in [0, 0.1) is 9.49 Å². The summed E-state index contributed by atoms with van der Waals surface area (Å²) in [6, 6.07) is 7.60. The van der Waals surface area contributed by atoms with Crippen molar-refractivity contribution < 1.29 is 18.3 Å². The molecule has 1 aromatic rings. The van der Waals surface area contributed by atoms with Gasteiger partial charge in [0.05, 0.1) is 0 Å². The zero-order chi connectivity index (χ0) is 19.0. The summed E-state index contributed by atoms with van der Waals surface area (Å²) < 4.78 is 28.3. The van der Waals surface area contributed by atoms with E-state index < -0.39 is 16.0 Å². The third-order valence-electron chi connectivity index (χ3n) is 4.26. The lowest BCUT2D eigenvalue weighted by Crippen LogP contribution is -2.31. The van der Waals surface area contributed by atoms with Crippen LogP contribution in [0.5, 0.6) is 0 Å². The van der Waals surface area contributed by atoms with Crippen molar-refractivity contribution in [2.24, 2.45) is 5.92 Å². The molecule has 0 spiro atoms. The molecule has 2 rings (SSSR count). The Morgan fingerprint density at radius 2 is 2.15 bits per heavy atom. The average molecular weight is 489 g/mol. The molecule has 0 aliphatic heterocycles. The first-order valence-electron chi connectivity index (χ1n) is 8.68. The lowest BCUT2D eigenvalue weighted by atomic mass is 10.1. The Morgan fingerprint density at radius 1 is 1.35 bits per heavy atom. The number of hydrogen-bond donors (Lipinski definition) is 2. The van der Waals surface area contributed by atoms with Crippen LogP contribution in [-0.2, 0) is 14.8 Å². The molecule has 7 heteroatoms. The highest BCUT2D eigenvalue weighted by Crippen LogP contribution is 2.27. The Kier molecular flexibility index (Phi) is 8.30. The molecule has 1 saturated carbocycles. The van der Waals surface area contributed by atoms with Crippen molar-refractivity contribution in [1.82, 2.24) is 4.72 Å². The normalized spacial score (nSPS) is 21.0. The van der Waals surface area contributed by atoms with Gasteiger partial charge in [-0.2, -0.15) is 0 Å². The van der Waals surface area contributed by atoms with E-state index in [2.05, 4.69) is 33.4 Å². The maximum absolute atomic E-state index is 12.2. The van der Waals surface area contributed by atoms with E-state index in [4.69, 9.17) is 5.11 Å². The fraction of sp³-hybridized carbons (Fsp3) is 0.421. The second-order valence-electron chi connectivity index (χ2n) is 6.50. The minimum Gasteiger partial charge on any atom is -0.481 e. The molecule has 26 heavy (non-hydrogen) atoms. The Balaban J connectivity index is 1.79. The summed E-state index contributed by atoms with van der Waals surface area (Å²) in [4.78, 5) is 10.5. The number of aliphatic carboxylic acids is 1. The molecule has 0 heterocycles. The summed E-state index contributed by atoms with van der Waals surface area (Å²) in [6.07, 6.45) is 9.84. The molecule has 2 N–H and O–H groups in total. The Labute approximate surface area is 168 Å². The number of nitrogens with one attached hydrogen (secondary N) is 1. The molecule has 0 aromatic heterocycles. The van der Waals surface area contributed by atoms with Gasteiger partial charge in [-0.25, -0.2) is 13.1 Å². The first-order chi connectivity index (χ1) is 12.3. The number of carboxylic acid groups (broad SMARTS) is 1. The number of halogens is 1. The van der Waals surface area contributed by atoms with Crippen LogP contribution in [0.25, 0.3) is 6.08 Å². The molecule has 2 atom stereocenters. The van der Waals surface area contributed by atoms with Gasteiger partial charge >= 0.3 is 5.97 Å². The van der Waals surface area contributed by atoms with Gasteiger partial charge in [0.25, 0.3) is 0 Å². The molecule has 1 aromatic carbocycles. The summed E-state index contributed by atoms with van der Waals surface area (Å²) in [5.74, 6) is -0.417. The van der Waals surface area contributed by atoms with Crippen LogP contribution >= 0.6 is 22.6 Å². The van der Waals surface area contributed by atoms with E-state index in [-0.39, 0.29) is 12.5 Å². The summed E-state index contributed by atoms with van der Waals surface area (Å²) in [6.45, 7) is 0. The van der Waals surface area contributed by atoms with Gasteiger partial charge in [0, 0.05) is 21.4 Å². The van der Waals surface area contributed by atoms with Gasteiger partial charge in [0.1, 0.15) is 0 Å². The predicted molar refractivity (Wildman–Crippen MR) is 112 cm³/mol. The zero-order valence-corrected chi connectivity index (χ0v) is 17.4. The summed E-state index contributed by atoms with van der Waals surface area (Å²) in [7, 11) is -3.46. The smallest absolute Gasteiger partial charge is 0.303 e. The van der Waals surface area contributed by atoms with Crippen molar-refractivity contribution in [3.63, 3.8) is 0 Å². The summed E-state index contributed by atoms with van der Waals surface area (Å²) in [5, 5.41) is 9.83. The lowest BCUT2D eigenvalue weighted by Gasteiger charge is -2.10. The topological polar surface area (TPSA) is 83.5 Å². The van der Waals surface area contributed by atoms with E-state index in [1.807, 2.05) is 30.3 Å². The maximum Gasteiger partial charge on any atom is 0.303 e. The van der Waals surface area contributed by atoms with Crippen LogP contribution in [0.15, 0.2) is 41.8 Å². The highest BCUT2D eigenvalue weighted by molar-refractivity contribution is 14.1. The van der Waals surface area contributed by atoms with Gasteiger partial charge in [-0.3, -0.25) is 4.79 Å². The van der Waals surface area contributed by atoms with Gasteiger partial charge in [-0.15, -0.1) is 0 Å². The standard InChI is InChI=1S/C19H24INO4S/c20-17-7-4-6-16(13-17)11-12-26(24,25)21-18-10-9-15(14-18)5-2-1-3-8-19(22)23/h2,4-7,11-13,15,18,21H,1,3,8-10,14H2,(H,22,23). The summed E-state index contributed by atoms with van der Waals surface area (Å²) >= 11 is 2.19. The quantitative estimate of drug-likeness (QED) is 0.310. The number of unbranched alkanes of at least 4 members (excludes halogenated alkanes) is 1. The Hall–Kier alpha value is -1.19. The highest BCUT2D eigenvalue weighted by Gasteiger charge is 2.25. The third-order valence-corrected chi connectivity index (χ3v) is 6.09. The molecule has 1 aliphatic rings. The van der Waals surface area contributed by atoms with Crippen LogP contribution in [0.1, 0.15) is 44.1 Å². The van der Waals surface area contributed by atoms with Crippen molar-refractivity contribution in [3.8, 4) is 0 Å². The van der Waals surface area contributed by atoms with Crippen LogP contribution in [-0.4, -0.2) is 25.5 Å². The number of hydrogen-bond acceptors (Lipinski definition) is 3. The van der Waals surface area contributed by atoms with Gasteiger partial charge in [0.2, 0.25) is 10.0 Å². The van der Waals surface area contributed by atoms with Gasteiger partial charge in [0.15, 0.2) is 0 Å². The number of allylic oxidation sites excluding steroid dienone is 2. The minimum atomic E-state index is -3.46. The fourth-order valence-corrected chi connectivity index (χ4v) is 4.67. The van der Waals surface area contributed by atoms with E-state index in [1.54, 1.807) is 6.08 Å². The molecule has 0 radical (unpaired) electrons. The first-order valence-corrected chi connectivity index (χ1v) is 11.3. The van der Waals surface area contributed by atoms with Crippen LogP contribution in [0.4, 0.5) is 0 Å². The third kappa shape index (κ3) is 8.01. The monoisotopic (exact) mass is 489 g/mol. The predicted octanol–water partition coefficient (Wildman–Crippen LogP) is 4.16. The van der Waals surface area contributed by atoms with Crippen LogP contribution in [0.3, 0.4) is 0 Å². The molecule has 2 unspecified atom stereocenters. The molecule has 0 amide bonds. The molecule has 5 nitrogen and oxygen atoms in total. The lowest BCUT2D eigenvalue weighted by molar-refractivity contribution is -0.137. The van der Waals surface area contributed by atoms with E-state index in [1.165, 1.54) is 5.41 Å². The average Bonchev–Trinajstić information content (AvgIpc) is 2.99. The van der Waals surface area contributed by atoms with E-state index in [0.717, 1.165) is 34.8 Å². The minimum absolute atomic E-state index is 0.0470. The van der Waals surface area contributed by atoms with Gasteiger partial charge in [-0.05, 0) is 84.4 Å². The van der Waals surface area contributed by atoms with Crippen molar-refractivity contribution in [2.75, 3.05) is 0 Å². The first kappa shape index (κ1) is 21.1. The van der Waals surface area contributed by atoms with Gasteiger partial charge in [-0.1, -0.05) is 24.3 Å². The van der Waals surface area contributed by atoms with Crippen LogP contribution in [0.2, 0.25) is 0 Å². The number of rotatable bonds is 9. The number of sulfonamides is 1. The van der Waals surface area contributed by atoms with E-state index in [9.17, 15) is 13.2 Å². The second kappa shape index (κ2) is 10.2. The number of benzene rings is 1. The Bertz CT molecular complexity index is 773. The number of carboxylic acids is 1. The molecular formula is C19H24INO4S. The molecule has 142 valence electrons. The van der Waals surface area contributed by atoms with Gasteiger partial charge < -0.3 is 5.11 Å². The maximum atomic E-state index is 12.2. The molecule has 1 fully saturated rings. The van der Waals surface area contributed by atoms with E-state index in [0.29, 0.717) is 12.3 Å². The van der Waals surface area contributed by atoms with Crippen molar-refractivity contribution in [3.05, 3.63) is 51.0 Å². The second-order valence-corrected chi connectivity index (χ2v) is 9.35.